The number of piperazine rings is 1. The van der Waals surface area contributed by atoms with Gasteiger partial charge in [0, 0.05) is 32.6 Å². The van der Waals surface area contributed by atoms with Crippen molar-refractivity contribution >= 4 is 5.69 Å². The molecule has 4 nitrogen and oxygen atoms in total. The van der Waals surface area contributed by atoms with Crippen molar-refractivity contribution in [1.82, 2.24) is 15.5 Å². The van der Waals surface area contributed by atoms with Crippen molar-refractivity contribution < 1.29 is 13.2 Å². The molecule has 0 atom stereocenters. The molecule has 1 saturated heterocycles. The monoisotopic (exact) mass is 310 g/mol. The number of hydrogen-bond acceptors (Lipinski definition) is 3. The molecule has 1 aromatic carbocycles. The highest BCUT2D eigenvalue weighted by Gasteiger charge is 2.33. The minimum Gasteiger partial charge on any atom is -0.366 e. The molecule has 0 amide bonds. The zero-order valence-electron chi connectivity index (χ0n) is 12.0. The van der Waals surface area contributed by atoms with Gasteiger partial charge in [-0.1, -0.05) is 18.2 Å². The van der Waals surface area contributed by atoms with E-state index in [0.717, 1.165) is 43.6 Å². The SMILES string of the molecule is FC(F)(F)c1ccccc1Cc1[nH]ncc1N1CCNCC1. The van der Waals surface area contributed by atoms with Crippen molar-refractivity contribution in [3.05, 3.63) is 47.3 Å². The van der Waals surface area contributed by atoms with Crippen LogP contribution < -0.4 is 10.2 Å². The Bertz CT molecular complexity index is 630. The van der Waals surface area contributed by atoms with E-state index in [1.54, 1.807) is 12.3 Å². The van der Waals surface area contributed by atoms with Gasteiger partial charge >= 0.3 is 6.18 Å². The van der Waals surface area contributed by atoms with Crippen LogP contribution in [-0.4, -0.2) is 36.4 Å². The molecule has 2 N–H and O–H groups in total. The number of nitrogens with one attached hydrogen (secondary N) is 2. The minimum absolute atomic E-state index is 0.189. The van der Waals surface area contributed by atoms with Gasteiger partial charge in [-0.3, -0.25) is 5.10 Å². The molecular formula is C15H17F3N4. The maximum absolute atomic E-state index is 13.1. The number of hydrogen-bond donors (Lipinski definition) is 2. The number of nitrogens with zero attached hydrogens (tertiary/aromatic N) is 2. The minimum atomic E-state index is -4.34. The zero-order chi connectivity index (χ0) is 15.6. The maximum Gasteiger partial charge on any atom is 0.416 e. The molecule has 1 fully saturated rings. The lowest BCUT2D eigenvalue weighted by atomic mass is 10.0. The van der Waals surface area contributed by atoms with Crippen molar-refractivity contribution in [1.29, 1.82) is 0 Å². The smallest absolute Gasteiger partial charge is 0.366 e. The van der Waals surface area contributed by atoms with Crippen LogP contribution in [0, 0.1) is 0 Å². The van der Waals surface area contributed by atoms with E-state index in [-0.39, 0.29) is 12.0 Å². The number of benzene rings is 1. The van der Waals surface area contributed by atoms with Gasteiger partial charge in [0.2, 0.25) is 0 Å². The number of rotatable bonds is 3. The second kappa shape index (κ2) is 6.00. The van der Waals surface area contributed by atoms with Gasteiger partial charge in [0.15, 0.2) is 0 Å². The number of anilines is 1. The molecule has 0 spiro atoms. The summed E-state index contributed by atoms with van der Waals surface area (Å²) < 4.78 is 39.3. The van der Waals surface area contributed by atoms with Gasteiger partial charge in [-0.05, 0) is 11.6 Å². The molecule has 22 heavy (non-hydrogen) atoms. The molecule has 1 aromatic heterocycles. The Hall–Kier alpha value is -2.02. The molecular weight excluding hydrogens is 293 g/mol. The number of aromatic amines is 1. The summed E-state index contributed by atoms with van der Waals surface area (Å²) in [6, 6.07) is 5.68. The van der Waals surface area contributed by atoms with E-state index in [1.807, 2.05) is 0 Å². The van der Waals surface area contributed by atoms with Crippen LogP contribution in [0.2, 0.25) is 0 Å². The highest BCUT2D eigenvalue weighted by molar-refractivity contribution is 5.51. The zero-order valence-corrected chi connectivity index (χ0v) is 12.0. The first kappa shape index (κ1) is 14.9. The summed E-state index contributed by atoms with van der Waals surface area (Å²) in [5.41, 5.74) is 1.28. The van der Waals surface area contributed by atoms with Gasteiger partial charge in [0.1, 0.15) is 0 Å². The topological polar surface area (TPSA) is 44.0 Å². The second-order valence-electron chi connectivity index (χ2n) is 5.30. The first-order valence-corrected chi connectivity index (χ1v) is 7.19. The first-order valence-electron chi connectivity index (χ1n) is 7.19. The quantitative estimate of drug-likeness (QED) is 0.915. The van der Waals surface area contributed by atoms with Crippen LogP contribution in [0.25, 0.3) is 0 Å². The third kappa shape index (κ3) is 3.09. The summed E-state index contributed by atoms with van der Waals surface area (Å²) >= 11 is 0. The number of alkyl halides is 3. The average Bonchev–Trinajstić information content (AvgIpc) is 2.96. The Kier molecular flexibility index (Phi) is 4.06. The summed E-state index contributed by atoms with van der Waals surface area (Å²) in [5, 5.41) is 10.1. The van der Waals surface area contributed by atoms with E-state index in [9.17, 15) is 13.2 Å². The molecule has 0 unspecified atom stereocenters. The Morgan fingerprint density at radius 1 is 1.14 bits per heavy atom. The molecule has 0 bridgehead atoms. The standard InChI is InChI=1S/C15H17F3N4/c16-15(17,18)12-4-2-1-3-11(12)9-13-14(10-20-21-13)22-7-5-19-6-8-22/h1-4,10,19H,5-9H2,(H,20,21). The van der Waals surface area contributed by atoms with Crippen LogP contribution in [0.1, 0.15) is 16.8 Å². The van der Waals surface area contributed by atoms with Gasteiger partial charge < -0.3 is 10.2 Å². The lowest BCUT2D eigenvalue weighted by molar-refractivity contribution is -0.138. The van der Waals surface area contributed by atoms with Gasteiger partial charge in [0.05, 0.1) is 23.1 Å². The van der Waals surface area contributed by atoms with E-state index < -0.39 is 11.7 Å². The molecule has 118 valence electrons. The Morgan fingerprint density at radius 2 is 1.86 bits per heavy atom. The predicted octanol–water partition coefficient (Wildman–Crippen LogP) is 2.43. The molecule has 0 saturated carbocycles. The van der Waals surface area contributed by atoms with E-state index in [2.05, 4.69) is 20.4 Å². The summed E-state index contributed by atoms with van der Waals surface area (Å²) in [6.45, 7) is 3.38. The highest BCUT2D eigenvalue weighted by Crippen LogP contribution is 2.33. The largest absolute Gasteiger partial charge is 0.416 e. The molecule has 3 rings (SSSR count). The number of H-pyrrole nitrogens is 1. The highest BCUT2D eigenvalue weighted by atomic mass is 19.4. The van der Waals surface area contributed by atoms with Crippen molar-refractivity contribution in [3.8, 4) is 0 Å². The van der Waals surface area contributed by atoms with E-state index in [1.165, 1.54) is 12.1 Å². The van der Waals surface area contributed by atoms with E-state index in [4.69, 9.17) is 0 Å². The van der Waals surface area contributed by atoms with Gasteiger partial charge in [-0.15, -0.1) is 0 Å². The van der Waals surface area contributed by atoms with E-state index in [0.29, 0.717) is 0 Å². The normalized spacial score (nSPS) is 16.0. The summed E-state index contributed by atoms with van der Waals surface area (Å²) in [5.74, 6) is 0. The third-order valence-corrected chi connectivity index (χ3v) is 3.84. The average molecular weight is 310 g/mol. The van der Waals surface area contributed by atoms with Gasteiger partial charge in [0.25, 0.3) is 0 Å². The molecule has 0 aliphatic carbocycles. The van der Waals surface area contributed by atoms with Gasteiger partial charge in [-0.25, -0.2) is 0 Å². The maximum atomic E-state index is 13.1. The van der Waals surface area contributed by atoms with Crippen LogP contribution in [0.3, 0.4) is 0 Å². The van der Waals surface area contributed by atoms with Crippen LogP contribution >= 0.6 is 0 Å². The fourth-order valence-electron chi connectivity index (χ4n) is 2.76. The van der Waals surface area contributed by atoms with Crippen molar-refractivity contribution in [2.75, 3.05) is 31.1 Å². The van der Waals surface area contributed by atoms with Crippen LogP contribution in [0.15, 0.2) is 30.5 Å². The van der Waals surface area contributed by atoms with Crippen LogP contribution in [0.4, 0.5) is 18.9 Å². The number of halogens is 3. The fraction of sp³-hybridized carbons (Fsp3) is 0.400. The fourth-order valence-corrected chi connectivity index (χ4v) is 2.76. The van der Waals surface area contributed by atoms with E-state index >= 15 is 0 Å². The molecule has 7 heteroatoms. The summed E-state index contributed by atoms with van der Waals surface area (Å²) in [6.07, 6.45) is -2.46. The Labute approximate surface area is 126 Å². The lowest BCUT2D eigenvalue weighted by Gasteiger charge is -2.29. The van der Waals surface area contributed by atoms with Gasteiger partial charge in [-0.2, -0.15) is 18.3 Å². The predicted molar refractivity (Wildman–Crippen MR) is 77.9 cm³/mol. The third-order valence-electron chi connectivity index (χ3n) is 3.84. The van der Waals surface area contributed by atoms with Crippen molar-refractivity contribution in [2.24, 2.45) is 0 Å². The molecule has 1 aliphatic heterocycles. The molecule has 2 aromatic rings. The molecule has 1 aliphatic rings. The Balaban J connectivity index is 1.87. The van der Waals surface area contributed by atoms with Crippen LogP contribution in [0.5, 0.6) is 0 Å². The summed E-state index contributed by atoms with van der Waals surface area (Å²) in [7, 11) is 0. The van der Waals surface area contributed by atoms with Crippen molar-refractivity contribution in [3.63, 3.8) is 0 Å². The lowest BCUT2D eigenvalue weighted by Crippen LogP contribution is -2.43. The first-order chi connectivity index (χ1) is 10.6. The number of aromatic nitrogens is 2. The summed E-state index contributed by atoms with van der Waals surface area (Å²) in [4.78, 5) is 2.14. The van der Waals surface area contributed by atoms with Crippen molar-refractivity contribution in [2.45, 2.75) is 12.6 Å². The second-order valence-corrected chi connectivity index (χ2v) is 5.30. The molecule has 0 radical (unpaired) electrons. The Morgan fingerprint density at radius 3 is 2.59 bits per heavy atom. The van der Waals surface area contributed by atoms with Crippen LogP contribution in [-0.2, 0) is 12.6 Å². The molecule has 2 heterocycles.